The Morgan fingerprint density at radius 3 is 2.41 bits per heavy atom. The Balaban J connectivity index is 2.30. The van der Waals surface area contributed by atoms with E-state index in [0.29, 0.717) is 19.3 Å². The van der Waals surface area contributed by atoms with Crippen molar-refractivity contribution < 1.29 is 19.1 Å². The average molecular weight is 238 g/mol. The first-order valence-electron chi connectivity index (χ1n) is 5.80. The molecule has 0 radical (unpaired) electrons. The molecule has 0 aromatic carbocycles. The number of carbonyl (C=O) groups excluding carboxylic acids is 2. The van der Waals surface area contributed by atoms with Gasteiger partial charge in [-0.1, -0.05) is 11.6 Å². The maximum atomic E-state index is 11.9. The van der Waals surface area contributed by atoms with Crippen molar-refractivity contribution in [3.05, 3.63) is 11.6 Å². The molecule has 2 unspecified atom stereocenters. The van der Waals surface area contributed by atoms with Gasteiger partial charge < -0.3 is 9.47 Å². The lowest BCUT2D eigenvalue weighted by Crippen LogP contribution is -2.43. The van der Waals surface area contributed by atoms with Crippen molar-refractivity contribution in [2.24, 2.45) is 10.8 Å². The molecule has 2 aliphatic rings. The number of hydrogen-bond donors (Lipinski definition) is 0. The van der Waals surface area contributed by atoms with Crippen molar-refractivity contribution in [2.45, 2.75) is 32.6 Å². The first-order chi connectivity index (χ1) is 7.96. The van der Waals surface area contributed by atoms with E-state index in [2.05, 4.69) is 6.08 Å². The van der Waals surface area contributed by atoms with E-state index in [1.807, 2.05) is 6.92 Å². The van der Waals surface area contributed by atoms with Crippen LogP contribution in [0, 0.1) is 10.8 Å². The van der Waals surface area contributed by atoms with Crippen molar-refractivity contribution in [1.29, 1.82) is 0 Å². The minimum atomic E-state index is -0.594. The lowest BCUT2D eigenvalue weighted by molar-refractivity contribution is -0.162. The first-order valence-corrected chi connectivity index (χ1v) is 5.80. The highest BCUT2D eigenvalue weighted by atomic mass is 16.5. The Labute approximate surface area is 101 Å². The minimum Gasteiger partial charge on any atom is -0.469 e. The molecule has 0 aromatic rings. The van der Waals surface area contributed by atoms with Crippen molar-refractivity contribution in [1.82, 2.24) is 0 Å². The van der Waals surface area contributed by atoms with Crippen LogP contribution in [0.3, 0.4) is 0 Å². The lowest BCUT2D eigenvalue weighted by Gasteiger charge is -2.40. The average Bonchev–Trinajstić information content (AvgIpc) is 2.64. The van der Waals surface area contributed by atoms with Gasteiger partial charge in [0, 0.05) is 0 Å². The highest BCUT2D eigenvalue weighted by molar-refractivity contribution is 5.83. The van der Waals surface area contributed by atoms with Gasteiger partial charge in [-0.05, 0) is 32.6 Å². The Bertz CT molecular complexity index is 398. The molecule has 0 N–H and O–H groups in total. The smallest absolute Gasteiger partial charge is 0.312 e. The van der Waals surface area contributed by atoms with Crippen LogP contribution in [0.2, 0.25) is 0 Å². The summed E-state index contributed by atoms with van der Waals surface area (Å²) < 4.78 is 9.75. The first kappa shape index (κ1) is 12.1. The van der Waals surface area contributed by atoms with Crippen LogP contribution in [-0.2, 0) is 19.1 Å². The number of hydrogen-bond acceptors (Lipinski definition) is 4. The molecule has 2 rings (SSSR count). The van der Waals surface area contributed by atoms with Gasteiger partial charge in [0.05, 0.1) is 25.0 Å². The van der Waals surface area contributed by atoms with Crippen LogP contribution in [0.4, 0.5) is 0 Å². The van der Waals surface area contributed by atoms with Crippen molar-refractivity contribution >= 4 is 11.9 Å². The molecule has 0 aliphatic heterocycles. The second kappa shape index (κ2) is 3.86. The molecule has 0 amide bonds. The number of allylic oxidation sites excluding steroid dienone is 2. The highest BCUT2D eigenvalue weighted by Gasteiger charge is 2.55. The Hall–Kier alpha value is -1.32. The second-order valence-corrected chi connectivity index (χ2v) is 5.42. The molecule has 17 heavy (non-hydrogen) atoms. The van der Waals surface area contributed by atoms with Crippen LogP contribution >= 0.6 is 0 Å². The summed E-state index contributed by atoms with van der Waals surface area (Å²) in [5.74, 6) is -0.447. The number of ether oxygens (including phenoxy) is 2. The molecule has 94 valence electrons. The van der Waals surface area contributed by atoms with Crippen LogP contribution in [0.5, 0.6) is 0 Å². The molecule has 0 saturated heterocycles. The van der Waals surface area contributed by atoms with Gasteiger partial charge in [0.1, 0.15) is 0 Å². The molecule has 4 nitrogen and oxygen atoms in total. The topological polar surface area (TPSA) is 52.6 Å². The van der Waals surface area contributed by atoms with E-state index < -0.39 is 10.8 Å². The van der Waals surface area contributed by atoms with Gasteiger partial charge in [-0.25, -0.2) is 0 Å². The van der Waals surface area contributed by atoms with Crippen LogP contribution in [0.1, 0.15) is 32.6 Å². The molecule has 2 aliphatic carbocycles. The highest BCUT2D eigenvalue weighted by Crippen LogP contribution is 2.55. The summed E-state index contributed by atoms with van der Waals surface area (Å²) in [6.45, 7) is 1.87. The Kier molecular flexibility index (Phi) is 2.76. The summed E-state index contributed by atoms with van der Waals surface area (Å²) in [4.78, 5) is 23.8. The van der Waals surface area contributed by atoms with Crippen molar-refractivity contribution in [3.63, 3.8) is 0 Å². The van der Waals surface area contributed by atoms with E-state index in [0.717, 1.165) is 6.42 Å². The number of fused-ring (bicyclic) bond motifs is 2. The van der Waals surface area contributed by atoms with E-state index in [-0.39, 0.29) is 11.9 Å². The maximum absolute atomic E-state index is 11.9. The van der Waals surface area contributed by atoms with E-state index >= 15 is 0 Å². The van der Waals surface area contributed by atoms with E-state index in [1.165, 1.54) is 19.8 Å². The minimum absolute atomic E-state index is 0.210. The fourth-order valence-electron chi connectivity index (χ4n) is 3.33. The second-order valence-electron chi connectivity index (χ2n) is 5.42. The zero-order valence-corrected chi connectivity index (χ0v) is 10.5. The SMILES string of the molecule is COC(=O)C1(C)CC2=CCC(C(=O)OC)(C2)C1. The number of rotatable bonds is 2. The third kappa shape index (κ3) is 1.75. The monoisotopic (exact) mass is 238 g/mol. The summed E-state index contributed by atoms with van der Waals surface area (Å²) in [6, 6.07) is 0. The van der Waals surface area contributed by atoms with Gasteiger partial charge in [-0.15, -0.1) is 0 Å². The lowest BCUT2D eigenvalue weighted by atomic mass is 9.63. The standard InChI is InChI=1S/C13H18O4/c1-12(10(14)16-2)6-9-4-5-13(7-9,8-12)11(15)17-3/h4H,5-8H2,1-3H3. The summed E-state index contributed by atoms with van der Waals surface area (Å²) in [5.41, 5.74) is 0.0453. The van der Waals surface area contributed by atoms with Crippen molar-refractivity contribution in [3.8, 4) is 0 Å². The zero-order chi connectivity index (χ0) is 12.7. The number of carbonyl (C=O) groups is 2. The van der Waals surface area contributed by atoms with E-state index in [4.69, 9.17) is 9.47 Å². The molecule has 0 aromatic heterocycles. The number of methoxy groups -OCH3 is 2. The third-order valence-electron chi connectivity index (χ3n) is 3.99. The van der Waals surface area contributed by atoms with Gasteiger partial charge in [0.2, 0.25) is 0 Å². The van der Waals surface area contributed by atoms with Gasteiger partial charge in [-0.2, -0.15) is 0 Å². The number of esters is 2. The van der Waals surface area contributed by atoms with E-state index in [1.54, 1.807) is 0 Å². The molecular formula is C13H18O4. The molecule has 2 atom stereocenters. The quantitative estimate of drug-likeness (QED) is 0.544. The van der Waals surface area contributed by atoms with Gasteiger partial charge in [0.15, 0.2) is 0 Å². The van der Waals surface area contributed by atoms with Gasteiger partial charge >= 0.3 is 11.9 Å². The van der Waals surface area contributed by atoms with Crippen LogP contribution in [-0.4, -0.2) is 26.2 Å². The van der Waals surface area contributed by atoms with Crippen LogP contribution < -0.4 is 0 Å². The summed E-state index contributed by atoms with van der Waals surface area (Å²) in [5, 5.41) is 0. The molecule has 0 spiro atoms. The Morgan fingerprint density at radius 2 is 1.82 bits per heavy atom. The zero-order valence-electron chi connectivity index (χ0n) is 10.5. The van der Waals surface area contributed by atoms with Gasteiger partial charge in [-0.3, -0.25) is 9.59 Å². The summed E-state index contributed by atoms with van der Waals surface area (Å²) in [6.07, 6.45) is 4.69. The maximum Gasteiger partial charge on any atom is 0.312 e. The van der Waals surface area contributed by atoms with Gasteiger partial charge in [0.25, 0.3) is 0 Å². The summed E-state index contributed by atoms with van der Waals surface area (Å²) >= 11 is 0. The molecular weight excluding hydrogens is 220 g/mol. The predicted molar refractivity (Wildman–Crippen MR) is 61.1 cm³/mol. The normalized spacial score (nSPS) is 35.1. The van der Waals surface area contributed by atoms with Crippen molar-refractivity contribution in [2.75, 3.05) is 14.2 Å². The predicted octanol–water partition coefficient (Wildman–Crippen LogP) is 1.84. The van der Waals surface area contributed by atoms with Crippen LogP contribution in [0.25, 0.3) is 0 Å². The fourth-order valence-corrected chi connectivity index (χ4v) is 3.33. The molecule has 1 saturated carbocycles. The molecule has 0 heterocycles. The molecule has 4 heteroatoms. The third-order valence-corrected chi connectivity index (χ3v) is 3.99. The van der Waals surface area contributed by atoms with Crippen LogP contribution in [0.15, 0.2) is 11.6 Å². The fraction of sp³-hybridized carbons (Fsp3) is 0.692. The Morgan fingerprint density at radius 1 is 1.18 bits per heavy atom. The molecule has 1 fully saturated rings. The molecule has 2 bridgehead atoms. The summed E-state index contributed by atoms with van der Waals surface area (Å²) in [7, 11) is 2.79. The largest absolute Gasteiger partial charge is 0.469 e. The van der Waals surface area contributed by atoms with E-state index in [9.17, 15) is 9.59 Å².